The van der Waals surface area contributed by atoms with E-state index < -0.39 is 0 Å². The molecule has 0 aromatic heterocycles. The van der Waals surface area contributed by atoms with Crippen molar-refractivity contribution < 1.29 is 4.74 Å². The fourth-order valence-electron chi connectivity index (χ4n) is 3.92. The highest BCUT2D eigenvalue weighted by atomic mass is 16.5. The van der Waals surface area contributed by atoms with Gasteiger partial charge in [-0.3, -0.25) is 4.90 Å². The Morgan fingerprint density at radius 1 is 1.19 bits per heavy atom. The predicted molar refractivity (Wildman–Crippen MR) is 89.7 cm³/mol. The van der Waals surface area contributed by atoms with Crippen LogP contribution < -0.4 is 5.32 Å². The number of ether oxygens (including phenoxy) is 1. The smallest absolute Gasteiger partial charge is 0.0589 e. The van der Waals surface area contributed by atoms with Crippen LogP contribution in [-0.4, -0.2) is 50.3 Å². The van der Waals surface area contributed by atoms with Crippen LogP contribution in [0.5, 0.6) is 0 Å². The van der Waals surface area contributed by atoms with Crippen molar-refractivity contribution in [3.63, 3.8) is 0 Å². The minimum Gasteiger partial charge on any atom is -0.383 e. The largest absolute Gasteiger partial charge is 0.383 e. The lowest BCUT2D eigenvalue weighted by molar-refractivity contribution is 0.110. The van der Waals surface area contributed by atoms with Crippen LogP contribution in [0.1, 0.15) is 58.8 Å². The molecule has 3 heteroatoms. The molecule has 0 heterocycles. The Hall–Kier alpha value is -0.120. The summed E-state index contributed by atoms with van der Waals surface area (Å²) >= 11 is 0. The van der Waals surface area contributed by atoms with Gasteiger partial charge in [0.2, 0.25) is 0 Å². The van der Waals surface area contributed by atoms with Gasteiger partial charge in [-0.2, -0.15) is 0 Å². The lowest BCUT2D eigenvalue weighted by Crippen LogP contribution is -2.40. The van der Waals surface area contributed by atoms with E-state index in [0.717, 1.165) is 37.1 Å². The van der Waals surface area contributed by atoms with E-state index in [4.69, 9.17) is 4.74 Å². The van der Waals surface area contributed by atoms with E-state index in [9.17, 15) is 0 Å². The molecule has 21 heavy (non-hydrogen) atoms. The molecule has 0 aromatic rings. The van der Waals surface area contributed by atoms with Crippen molar-refractivity contribution >= 4 is 0 Å². The monoisotopic (exact) mass is 296 g/mol. The van der Waals surface area contributed by atoms with E-state index in [2.05, 4.69) is 24.1 Å². The third-order valence-corrected chi connectivity index (χ3v) is 5.57. The zero-order valence-corrected chi connectivity index (χ0v) is 14.4. The third-order valence-electron chi connectivity index (χ3n) is 5.57. The molecule has 0 bridgehead atoms. The Kier molecular flexibility index (Phi) is 7.48. The number of hydrogen-bond acceptors (Lipinski definition) is 3. The highest BCUT2D eigenvalue weighted by molar-refractivity contribution is 4.87. The predicted octanol–water partition coefficient (Wildman–Crippen LogP) is 3.29. The van der Waals surface area contributed by atoms with Gasteiger partial charge < -0.3 is 10.1 Å². The zero-order valence-electron chi connectivity index (χ0n) is 14.4. The normalized spacial score (nSPS) is 27.4. The Balaban J connectivity index is 1.76. The summed E-state index contributed by atoms with van der Waals surface area (Å²) in [5.74, 6) is 1.85. The minimum atomic E-state index is 0.753. The first-order valence-corrected chi connectivity index (χ1v) is 9.22. The molecule has 2 fully saturated rings. The van der Waals surface area contributed by atoms with Gasteiger partial charge in [0.05, 0.1) is 6.61 Å². The number of hydrogen-bond donors (Lipinski definition) is 1. The highest BCUT2D eigenvalue weighted by Crippen LogP contribution is 2.36. The van der Waals surface area contributed by atoms with Gasteiger partial charge in [0.1, 0.15) is 0 Å². The lowest BCUT2D eigenvalue weighted by atomic mass is 9.98. The molecule has 0 spiro atoms. The van der Waals surface area contributed by atoms with Gasteiger partial charge in [-0.05, 0) is 70.4 Å². The molecule has 1 N–H and O–H groups in total. The molecule has 0 radical (unpaired) electrons. The van der Waals surface area contributed by atoms with Crippen molar-refractivity contribution in [2.45, 2.75) is 70.9 Å². The van der Waals surface area contributed by atoms with E-state index in [1.54, 1.807) is 0 Å². The summed E-state index contributed by atoms with van der Waals surface area (Å²) in [4.78, 5) is 2.69. The Bertz CT molecular complexity index is 280. The summed E-state index contributed by atoms with van der Waals surface area (Å²) in [6, 6.07) is 1.54. The maximum Gasteiger partial charge on any atom is 0.0589 e. The Morgan fingerprint density at radius 3 is 2.67 bits per heavy atom. The maximum atomic E-state index is 5.31. The van der Waals surface area contributed by atoms with Gasteiger partial charge in [0, 0.05) is 25.7 Å². The average Bonchev–Trinajstić information content (AvgIpc) is 3.25. The topological polar surface area (TPSA) is 24.5 Å². The van der Waals surface area contributed by atoms with Crippen LogP contribution in [0.15, 0.2) is 0 Å². The van der Waals surface area contributed by atoms with Crippen molar-refractivity contribution in [1.82, 2.24) is 10.2 Å². The number of methoxy groups -OCH3 is 1. The van der Waals surface area contributed by atoms with E-state index in [-0.39, 0.29) is 0 Å². The number of rotatable bonds is 11. The first-order valence-electron chi connectivity index (χ1n) is 9.22. The second-order valence-corrected chi connectivity index (χ2v) is 7.15. The van der Waals surface area contributed by atoms with Crippen LogP contribution in [0.2, 0.25) is 0 Å². The molecular formula is C18H36N2O. The van der Waals surface area contributed by atoms with Gasteiger partial charge in [-0.15, -0.1) is 0 Å². The molecule has 0 aliphatic heterocycles. The maximum absolute atomic E-state index is 5.31. The van der Waals surface area contributed by atoms with Crippen LogP contribution in [0.3, 0.4) is 0 Å². The van der Waals surface area contributed by atoms with Gasteiger partial charge in [-0.1, -0.05) is 13.3 Å². The first-order chi connectivity index (χ1) is 10.3. The van der Waals surface area contributed by atoms with Gasteiger partial charge >= 0.3 is 0 Å². The molecule has 2 saturated carbocycles. The molecule has 3 unspecified atom stereocenters. The summed E-state index contributed by atoms with van der Waals surface area (Å²) in [6.07, 6.45) is 9.73. The zero-order chi connectivity index (χ0) is 15.1. The van der Waals surface area contributed by atoms with E-state index in [1.165, 1.54) is 58.0 Å². The lowest BCUT2D eigenvalue weighted by Gasteiger charge is -2.31. The SMILES string of the molecule is CCCNC1CCCC1CCN(CCOC)C(C)C1CC1. The average molecular weight is 296 g/mol. The summed E-state index contributed by atoms with van der Waals surface area (Å²) in [7, 11) is 1.82. The quantitative estimate of drug-likeness (QED) is 0.633. The molecule has 2 aliphatic rings. The van der Waals surface area contributed by atoms with Crippen molar-refractivity contribution in [3.05, 3.63) is 0 Å². The Morgan fingerprint density at radius 2 is 2.00 bits per heavy atom. The van der Waals surface area contributed by atoms with E-state index >= 15 is 0 Å². The minimum absolute atomic E-state index is 0.753. The molecule has 0 aromatic carbocycles. The number of nitrogens with zero attached hydrogens (tertiary/aromatic N) is 1. The fraction of sp³-hybridized carbons (Fsp3) is 1.00. The second-order valence-electron chi connectivity index (χ2n) is 7.15. The molecule has 0 saturated heterocycles. The van der Waals surface area contributed by atoms with E-state index in [0.29, 0.717) is 0 Å². The standard InChI is InChI=1S/C18H36N2O/c1-4-11-19-18-7-5-6-17(18)10-12-20(13-14-21-3)15(2)16-8-9-16/h15-19H,4-14H2,1-3H3. The molecule has 0 amide bonds. The van der Waals surface area contributed by atoms with Gasteiger partial charge in [0.15, 0.2) is 0 Å². The fourth-order valence-corrected chi connectivity index (χ4v) is 3.92. The molecule has 3 nitrogen and oxygen atoms in total. The van der Waals surface area contributed by atoms with Crippen molar-refractivity contribution in [3.8, 4) is 0 Å². The highest BCUT2D eigenvalue weighted by Gasteiger charge is 2.33. The molecule has 2 aliphatic carbocycles. The molecular weight excluding hydrogens is 260 g/mol. The third kappa shape index (κ3) is 5.54. The van der Waals surface area contributed by atoms with E-state index in [1.807, 2.05) is 7.11 Å². The van der Waals surface area contributed by atoms with Crippen molar-refractivity contribution in [2.75, 3.05) is 33.4 Å². The number of nitrogens with one attached hydrogen (secondary N) is 1. The van der Waals surface area contributed by atoms with Crippen molar-refractivity contribution in [1.29, 1.82) is 0 Å². The summed E-state index contributed by atoms with van der Waals surface area (Å²) in [5.41, 5.74) is 0. The molecule has 2 rings (SSSR count). The van der Waals surface area contributed by atoms with Crippen LogP contribution in [0.25, 0.3) is 0 Å². The summed E-state index contributed by atoms with van der Waals surface area (Å²) in [5, 5.41) is 3.77. The van der Waals surface area contributed by atoms with Crippen LogP contribution >= 0.6 is 0 Å². The van der Waals surface area contributed by atoms with Crippen molar-refractivity contribution in [2.24, 2.45) is 11.8 Å². The van der Waals surface area contributed by atoms with Gasteiger partial charge in [0.25, 0.3) is 0 Å². The molecule has 3 atom stereocenters. The molecule has 124 valence electrons. The van der Waals surface area contributed by atoms with Crippen LogP contribution in [0.4, 0.5) is 0 Å². The first kappa shape index (κ1) is 17.2. The Labute approximate surface area is 131 Å². The van der Waals surface area contributed by atoms with Crippen LogP contribution in [0, 0.1) is 11.8 Å². The second kappa shape index (κ2) is 9.12. The summed E-state index contributed by atoms with van der Waals surface area (Å²) in [6.45, 7) is 9.12. The van der Waals surface area contributed by atoms with Gasteiger partial charge in [-0.25, -0.2) is 0 Å². The summed E-state index contributed by atoms with van der Waals surface area (Å²) < 4.78 is 5.31. The van der Waals surface area contributed by atoms with Crippen LogP contribution in [-0.2, 0) is 4.74 Å².